The third-order valence-electron chi connectivity index (χ3n) is 1.34. The lowest BCUT2D eigenvalue weighted by atomic mass is 10.5. The van der Waals surface area contributed by atoms with Crippen molar-refractivity contribution in [1.29, 1.82) is 0 Å². The molecule has 0 aliphatic rings. The highest BCUT2D eigenvalue weighted by Gasteiger charge is 2.01. The van der Waals surface area contributed by atoms with Crippen LogP contribution in [0.15, 0.2) is 5.38 Å². The van der Waals surface area contributed by atoms with Gasteiger partial charge >= 0.3 is 0 Å². The third-order valence-corrected chi connectivity index (χ3v) is 2.23. The van der Waals surface area contributed by atoms with Crippen LogP contribution in [0.1, 0.15) is 10.7 Å². The monoisotopic (exact) mass is 186 g/mol. The van der Waals surface area contributed by atoms with E-state index in [0.29, 0.717) is 6.61 Å². The third kappa shape index (κ3) is 2.89. The van der Waals surface area contributed by atoms with Crippen molar-refractivity contribution in [3.63, 3.8) is 0 Å². The molecule has 1 heterocycles. The van der Waals surface area contributed by atoms with Gasteiger partial charge in [0.15, 0.2) is 0 Å². The van der Waals surface area contributed by atoms with Gasteiger partial charge in [-0.15, -0.1) is 11.3 Å². The molecule has 0 fully saturated rings. The van der Waals surface area contributed by atoms with Gasteiger partial charge in [0.05, 0.1) is 12.3 Å². The fourth-order valence-electron chi connectivity index (χ4n) is 0.906. The smallest absolute Gasteiger partial charge is 0.107 e. The van der Waals surface area contributed by atoms with Crippen molar-refractivity contribution in [2.75, 3.05) is 21.2 Å². The Morgan fingerprint density at radius 2 is 2.33 bits per heavy atom. The van der Waals surface area contributed by atoms with E-state index in [1.807, 2.05) is 19.5 Å². The predicted molar refractivity (Wildman–Crippen MR) is 50.2 cm³/mol. The van der Waals surface area contributed by atoms with Crippen LogP contribution in [0, 0.1) is 0 Å². The first-order chi connectivity index (χ1) is 5.72. The molecule has 0 radical (unpaired) electrons. The highest BCUT2D eigenvalue weighted by atomic mass is 32.1. The van der Waals surface area contributed by atoms with Crippen LogP contribution in [0.2, 0.25) is 0 Å². The van der Waals surface area contributed by atoms with Gasteiger partial charge in [0, 0.05) is 19.0 Å². The van der Waals surface area contributed by atoms with Crippen molar-refractivity contribution in [2.24, 2.45) is 0 Å². The molecule has 0 amide bonds. The average Bonchev–Trinajstić information content (AvgIpc) is 2.36. The van der Waals surface area contributed by atoms with E-state index in [1.54, 1.807) is 18.4 Å². The van der Waals surface area contributed by atoms with Gasteiger partial charge in [-0.25, -0.2) is 4.98 Å². The molecule has 1 rings (SSSR count). The van der Waals surface area contributed by atoms with Crippen molar-refractivity contribution in [3.8, 4) is 0 Å². The molecule has 0 unspecified atom stereocenters. The Morgan fingerprint density at radius 3 is 2.92 bits per heavy atom. The van der Waals surface area contributed by atoms with Crippen molar-refractivity contribution in [3.05, 3.63) is 16.1 Å². The van der Waals surface area contributed by atoms with Crippen LogP contribution in [-0.4, -0.2) is 31.1 Å². The summed E-state index contributed by atoms with van der Waals surface area (Å²) in [6.07, 6.45) is 0. The molecule has 0 N–H and O–H groups in total. The van der Waals surface area contributed by atoms with Crippen LogP contribution < -0.4 is 0 Å². The standard InChI is InChI=1S/C8H14N2OS/c1-10(2)4-8-9-7(5-11-3)6-12-8/h6H,4-5H2,1-3H3. The molecule has 0 saturated carbocycles. The number of nitrogens with zero attached hydrogens (tertiary/aromatic N) is 2. The second-order valence-electron chi connectivity index (χ2n) is 2.90. The number of hydrogen-bond donors (Lipinski definition) is 0. The van der Waals surface area contributed by atoms with E-state index < -0.39 is 0 Å². The Balaban J connectivity index is 2.52. The molecule has 0 aliphatic carbocycles. The summed E-state index contributed by atoms with van der Waals surface area (Å²) >= 11 is 1.69. The maximum Gasteiger partial charge on any atom is 0.107 e. The van der Waals surface area contributed by atoms with Crippen molar-refractivity contribution < 1.29 is 4.74 Å². The summed E-state index contributed by atoms with van der Waals surface area (Å²) in [7, 11) is 5.76. The van der Waals surface area contributed by atoms with Crippen LogP contribution >= 0.6 is 11.3 Å². The summed E-state index contributed by atoms with van der Waals surface area (Å²) in [4.78, 5) is 6.50. The summed E-state index contributed by atoms with van der Waals surface area (Å²) in [6, 6.07) is 0. The first kappa shape index (κ1) is 9.64. The fourth-order valence-corrected chi connectivity index (χ4v) is 1.80. The zero-order valence-electron chi connectivity index (χ0n) is 7.70. The summed E-state index contributed by atoms with van der Waals surface area (Å²) < 4.78 is 4.98. The van der Waals surface area contributed by atoms with E-state index in [0.717, 1.165) is 17.2 Å². The van der Waals surface area contributed by atoms with Gasteiger partial charge < -0.3 is 9.64 Å². The van der Waals surface area contributed by atoms with E-state index in [4.69, 9.17) is 4.74 Å². The Labute approximate surface area is 77.0 Å². The number of aromatic nitrogens is 1. The zero-order valence-corrected chi connectivity index (χ0v) is 8.52. The molecule has 68 valence electrons. The quantitative estimate of drug-likeness (QED) is 0.709. The van der Waals surface area contributed by atoms with E-state index in [2.05, 4.69) is 9.88 Å². The van der Waals surface area contributed by atoms with Crippen LogP contribution in [0.25, 0.3) is 0 Å². The topological polar surface area (TPSA) is 25.4 Å². The largest absolute Gasteiger partial charge is 0.378 e. The highest BCUT2D eigenvalue weighted by molar-refractivity contribution is 7.09. The minimum atomic E-state index is 0.615. The first-order valence-electron chi connectivity index (χ1n) is 3.79. The molecule has 0 bridgehead atoms. The number of thiazole rings is 1. The number of hydrogen-bond acceptors (Lipinski definition) is 4. The molecule has 0 spiro atoms. The molecule has 0 aliphatic heterocycles. The molecule has 0 atom stereocenters. The van der Waals surface area contributed by atoms with Gasteiger partial charge in [-0.1, -0.05) is 0 Å². The zero-order chi connectivity index (χ0) is 8.97. The summed E-state index contributed by atoms with van der Waals surface area (Å²) in [5.74, 6) is 0. The minimum absolute atomic E-state index is 0.615. The normalized spacial score (nSPS) is 11.0. The van der Waals surface area contributed by atoms with E-state index in [9.17, 15) is 0 Å². The molecular formula is C8H14N2OS. The number of rotatable bonds is 4. The molecule has 0 saturated heterocycles. The van der Waals surface area contributed by atoms with Gasteiger partial charge in [0.1, 0.15) is 5.01 Å². The molecule has 1 aromatic heterocycles. The summed E-state index contributed by atoms with van der Waals surface area (Å²) in [5.41, 5.74) is 1.03. The van der Waals surface area contributed by atoms with Crippen molar-refractivity contribution >= 4 is 11.3 Å². The summed E-state index contributed by atoms with van der Waals surface area (Å²) in [6.45, 7) is 1.53. The average molecular weight is 186 g/mol. The van der Waals surface area contributed by atoms with Crippen LogP contribution in [-0.2, 0) is 17.9 Å². The highest BCUT2D eigenvalue weighted by Crippen LogP contribution is 2.11. The van der Waals surface area contributed by atoms with Crippen LogP contribution in [0.3, 0.4) is 0 Å². The van der Waals surface area contributed by atoms with Gasteiger partial charge in [-0.3, -0.25) is 0 Å². The van der Waals surface area contributed by atoms with Gasteiger partial charge in [-0.05, 0) is 14.1 Å². The maximum atomic E-state index is 4.98. The SMILES string of the molecule is COCc1csc(CN(C)C)n1. The fraction of sp³-hybridized carbons (Fsp3) is 0.625. The molecule has 4 heteroatoms. The number of methoxy groups -OCH3 is 1. The maximum absolute atomic E-state index is 4.98. The van der Waals surface area contributed by atoms with Crippen molar-refractivity contribution in [2.45, 2.75) is 13.2 Å². The Bertz CT molecular complexity index is 235. The lowest BCUT2D eigenvalue weighted by Gasteiger charge is -2.04. The number of ether oxygens (including phenoxy) is 1. The first-order valence-corrected chi connectivity index (χ1v) is 4.67. The molecular weight excluding hydrogens is 172 g/mol. The second-order valence-corrected chi connectivity index (χ2v) is 3.85. The Kier molecular flexibility index (Phi) is 3.65. The van der Waals surface area contributed by atoms with Crippen molar-refractivity contribution in [1.82, 2.24) is 9.88 Å². The minimum Gasteiger partial charge on any atom is -0.378 e. The lowest BCUT2D eigenvalue weighted by Crippen LogP contribution is -2.10. The Morgan fingerprint density at radius 1 is 1.58 bits per heavy atom. The van der Waals surface area contributed by atoms with Gasteiger partial charge in [0.2, 0.25) is 0 Å². The van der Waals surface area contributed by atoms with Crippen LogP contribution in [0.5, 0.6) is 0 Å². The van der Waals surface area contributed by atoms with E-state index >= 15 is 0 Å². The van der Waals surface area contributed by atoms with Gasteiger partial charge in [-0.2, -0.15) is 0 Å². The molecule has 1 aromatic rings. The lowest BCUT2D eigenvalue weighted by molar-refractivity contribution is 0.182. The predicted octanol–water partition coefficient (Wildman–Crippen LogP) is 1.35. The molecule has 0 aromatic carbocycles. The van der Waals surface area contributed by atoms with Gasteiger partial charge in [0.25, 0.3) is 0 Å². The second kappa shape index (κ2) is 4.54. The molecule has 12 heavy (non-hydrogen) atoms. The Hall–Kier alpha value is -0.450. The van der Waals surface area contributed by atoms with E-state index in [1.165, 1.54) is 0 Å². The molecule has 3 nitrogen and oxygen atoms in total. The summed E-state index contributed by atoms with van der Waals surface area (Å²) in [5, 5.41) is 3.19. The van der Waals surface area contributed by atoms with E-state index in [-0.39, 0.29) is 0 Å². The van der Waals surface area contributed by atoms with Crippen LogP contribution in [0.4, 0.5) is 0 Å².